The van der Waals surface area contributed by atoms with Gasteiger partial charge < -0.3 is 0 Å². The van der Waals surface area contributed by atoms with Crippen LogP contribution in [0, 0.1) is 0 Å². The van der Waals surface area contributed by atoms with Gasteiger partial charge in [-0.1, -0.05) is 60.5 Å². The summed E-state index contributed by atoms with van der Waals surface area (Å²) in [5.41, 5.74) is 2.88. The van der Waals surface area contributed by atoms with Gasteiger partial charge >= 0.3 is 10.2 Å². The summed E-state index contributed by atoms with van der Waals surface area (Å²) in [6, 6.07) is 17.6. The van der Waals surface area contributed by atoms with Gasteiger partial charge in [0.25, 0.3) is 0 Å². The highest BCUT2D eigenvalue weighted by atomic mass is 35.5. The second kappa shape index (κ2) is 9.24. The van der Waals surface area contributed by atoms with Gasteiger partial charge in [0.2, 0.25) is 5.11 Å². The van der Waals surface area contributed by atoms with Crippen molar-refractivity contribution < 1.29 is 8.42 Å². The molecule has 31 heavy (non-hydrogen) atoms. The van der Waals surface area contributed by atoms with Gasteiger partial charge in [-0.15, -0.1) is 0 Å². The number of benzene rings is 2. The molecule has 1 atom stereocenters. The molecule has 0 saturated carbocycles. The number of thiocarbonyl (C=S) groups is 1. The van der Waals surface area contributed by atoms with Gasteiger partial charge in [-0.3, -0.25) is 0 Å². The summed E-state index contributed by atoms with van der Waals surface area (Å²) < 4.78 is 28.9. The first-order chi connectivity index (χ1) is 14.9. The van der Waals surface area contributed by atoms with Crippen LogP contribution in [0.4, 0.5) is 0 Å². The molecule has 0 bridgehead atoms. The predicted molar refractivity (Wildman–Crippen MR) is 129 cm³/mol. The highest BCUT2D eigenvalue weighted by Crippen LogP contribution is 2.30. The molecular weight excluding hydrogens is 452 g/mol. The first kappa shape index (κ1) is 22.2. The number of piperidine rings is 1. The number of hydrogen-bond donors (Lipinski definition) is 0. The largest absolute Gasteiger partial charge is 0.305 e. The van der Waals surface area contributed by atoms with Crippen molar-refractivity contribution in [1.82, 2.24) is 13.6 Å². The molecular formula is C22H25ClN4O2S2. The molecule has 0 spiro atoms. The summed E-state index contributed by atoms with van der Waals surface area (Å²) in [7, 11) is -2.16. The monoisotopic (exact) mass is 476 g/mol. The van der Waals surface area contributed by atoms with Crippen LogP contribution >= 0.6 is 23.8 Å². The summed E-state index contributed by atoms with van der Waals surface area (Å²) >= 11 is 11.7. The average molecular weight is 477 g/mol. The molecule has 4 rings (SSSR count). The van der Waals surface area contributed by atoms with Crippen LogP contribution in [-0.2, 0) is 10.2 Å². The first-order valence-corrected chi connectivity index (χ1v) is 12.5. The summed E-state index contributed by atoms with van der Waals surface area (Å²) in [5.74, 6) is -0.0357. The van der Waals surface area contributed by atoms with Gasteiger partial charge in [-0.2, -0.15) is 17.8 Å². The van der Waals surface area contributed by atoms with Crippen LogP contribution in [-0.4, -0.2) is 59.5 Å². The zero-order valence-electron chi connectivity index (χ0n) is 17.3. The maximum absolute atomic E-state index is 13.1. The Morgan fingerprint density at radius 2 is 1.71 bits per heavy atom. The lowest BCUT2D eigenvalue weighted by molar-refractivity contribution is 0.326. The quantitative estimate of drug-likeness (QED) is 0.623. The van der Waals surface area contributed by atoms with E-state index in [1.165, 1.54) is 15.7 Å². The van der Waals surface area contributed by atoms with E-state index in [0.717, 1.165) is 36.1 Å². The minimum atomic E-state index is -3.67. The number of rotatable bonds is 4. The third-order valence-electron chi connectivity index (χ3n) is 5.73. The molecule has 2 heterocycles. The van der Waals surface area contributed by atoms with Crippen molar-refractivity contribution in [3.05, 3.63) is 70.7 Å². The second-order valence-corrected chi connectivity index (χ2v) is 10.5. The standard InChI is InChI=1S/C22H25ClN4O2S2/c1-25(31(28,29)26-14-6-3-7-15-26)22(30)27-16-20(17-8-4-2-5-9-17)21(24-27)18-10-12-19(23)13-11-18/h2,4-5,8-13,20H,3,6-7,14-16H2,1H3. The van der Waals surface area contributed by atoms with Crippen LogP contribution in [0.1, 0.15) is 36.3 Å². The Hall–Kier alpha value is -2.00. The topological polar surface area (TPSA) is 56.2 Å². The van der Waals surface area contributed by atoms with Crippen molar-refractivity contribution in [2.24, 2.45) is 5.10 Å². The Kier molecular flexibility index (Phi) is 6.62. The van der Waals surface area contributed by atoms with Crippen molar-refractivity contribution in [3.8, 4) is 0 Å². The van der Waals surface area contributed by atoms with E-state index in [9.17, 15) is 8.42 Å². The SMILES string of the molecule is CN(C(=S)N1CC(c2ccccc2)C(c2ccc(Cl)cc2)=N1)S(=O)(=O)N1CCCCC1. The fourth-order valence-corrected chi connectivity index (χ4v) is 5.86. The van der Waals surface area contributed by atoms with E-state index >= 15 is 0 Å². The zero-order chi connectivity index (χ0) is 22.0. The third kappa shape index (κ3) is 4.62. The molecule has 1 saturated heterocycles. The van der Waals surface area contributed by atoms with Gasteiger partial charge in [-0.25, -0.2) is 9.31 Å². The third-order valence-corrected chi connectivity index (χ3v) is 8.47. The molecule has 1 unspecified atom stereocenters. The Labute approximate surface area is 194 Å². The summed E-state index contributed by atoms with van der Waals surface area (Å²) in [6.07, 6.45) is 2.80. The van der Waals surface area contributed by atoms with Gasteiger partial charge in [0.15, 0.2) is 0 Å². The molecule has 2 aromatic carbocycles. The molecule has 0 aliphatic carbocycles. The maximum Gasteiger partial charge on any atom is 0.305 e. The molecule has 1 fully saturated rings. The van der Waals surface area contributed by atoms with Gasteiger partial charge in [0.1, 0.15) is 0 Å². The molecule has 2 aliphatic heterocycles. The average Bonchev–Trinajstić information content (AvgIpc) is 3.25. The lowest BCUT2D eigenvalue weighted by Gasteiger charge is -2.32. The number of hydrogen-bond acceptors (Lipinski definition) is 4. The van der Waals surface area contributed by atoms with Gasteiger partial charge in [-0.05, 0) is 48.3 Å². The molecule has 164 valence electrons. The van der Waals surface area contributed by atoms with E-state index in [1.54, 1.807) is 5.01 Å². The Balaban J connectivity index is 1.63. The lowest BCUT2D eigenvalue weighted by atomic mass is 9.91. The Bertz CT molecular complexity index is 1070. The van der Waals surface area contributed by atoms with Gasteiger partial charge in [0, 0.05) is 31.1 Å². The van der Waals surface area contributed by atoms with Crippen molar-refractivity contribution in [1.29, 1.82) is 0 Å². The Morgan fingerprint density at radius 1 is 1.06 bits per heavy atom. The second-order valence-electron chi connectivity index (χ2n) is 7.76. The highest BCUT2D eigenvalue weighted by Gasteiger charge is 2.36. The van der Waals surface area contributed by atoms with E-state index in [4.69, 9.17) is 28.9 Å². The molecule has 0 amide bonds. The molecule has 2 aliphatic rings. The van der Waals surface area contributed by atoms with Crippen molar-refractivity contribution in [3.63, 3.8) is 0 Å². The lowest BCUT2D eigenvalue weighted by Crippen LogP contribution is -2.49. The minimum absolute atomic E-state index is 0.0357. The highest BCUT2D eigenvalue weighted by molar-refractivity contribution is 7.89. The van der Waals surface area contributed by atoms with Crippen LogP contribution in [0.15, 0.2) is 59.7 Å². The van der Waals surface area contributed by atoms with Crippen molar-refractivity contribution >= 4 is 44.9 Å². The van der Waals surface area contributed by atoms with E-state index in [-0.39, 0.29) is 11.0 Å². The predicted octanol–water partition coefficient (Wildman–Crippen LogP) is 4.09. The van der Waals surface area contributed by atoms with Crippen LogP contribution in [0.2, 0.25) is 5.02 Å². The van der Waals surface area contributed by atoms with E-state index in [2.05, 4.69) is 12.1 Å². The smallest absolute Gasteiger partial charge is 0.238 e. The molecule has 0 radical (unpaired) electrons. The Morgan fingerprint density at radius 3 is 2.35 bits per heavy atom. The molecule has 2 aromatic rings. The summed E-state index contributed by atoms with van der Waals surface area (Å²) in [5, 5.41) is 7.22. The summed E-state index contributed by atoms with van der Waals surface area (Å²) in [4.78, 5) is 0. The zero-order valence-corrected chi connectivity index (χ0v) is 19.7. The molecule has 0 aromatic heterocycles. The van der Waals surface area contributed by atoms with Crippen LogP contribution < -0.4 is 0 Å². The molecule has 9 heteroatoms. The van der Waals surface area contributed by atoms with E-state index in [0.29, 0.717) is 24.7 Å². The molecule has 6 nitrogen and oxygen atoms in total. The van der Waals surface area contributed by atoms with Crippen molar-refractivity contribution in [2.75, 3.05) is 26.7 Å². The van der Waals surface area contributed by atoms with E-state index in [1.807, 2.05) is 42.5 Å². The summed E-state index contributed by atoms with van der Waals surface area (Å²) in [6.45, 7) is 1.53. The van der Waals surface area contributed by atoms with Crippen LogP contribution in [0.3, 0.4) is 0 Å². The normalized spacial score (nSPS) is 19.9. The van der Waals surface area contributed by atoms with Crippen LogP contribution in [0.5, 0.6) is 0 Å². The maximum atomic E-state index is 13.1. The number of hydrazone groups is 1. The fourth-order valence-electron chi connectivity index (χ4n) is 3.98. The first-order valence-electron chi connectivity index (χ1n) is 10.3. The van der Waals surface area contributed by atoms with Crippen molar-refractivity contribution in [2.45, 2.75) is 25.2 Å². The van der Waals surface area contributed by atoms with Crippen LogP contribution in [0.25, 0.3) is 0 Å². The minimum Gasteiger partial charge on any atom is -0.238 e. The van der Waals surface area contributed by atoms with Gasteiger partial charge in [0.05, 0.1) is 12.3 Å². The number of halogens is 1. The molecule has 0 N–H and O–H groups in total. The fraction of sp³-hybridized carbons (Fsp3) is 0.364. The van der Waals surface area contributed by atoms with E-state index < -0.39 is 10.2 Å². The number of nitrogens with zero attached hydrogens (tertiary/aromatic N) is 4.